The second-order valence-electron chi connectivity index (χ2n) is 7.64. The Morgan fingerprint density at radius 3 is 2.58 bits per heavy atom. The average Bonchev–Trinajstić information content (AvgIpc) is 3.10. The summed E-state index contributed by atoms with van der Waals surface area (Å²) in [5, 5.41) is 3.90. The van der Waals surface area contributed by atoms with Crippen LogP contribution in [0.2, 0.25) is 0 Å². The van der Waals surface area contributed by atoms with Gasteiger partial charge in [0.15, 0.2) is 0 Å². The second-order valence-corrected chi connectivity index (χ2v) is 8.37. The van der Waals surface area contributed by atoms with E-state index >= 15 is 0 Å². The molecule has 4 rings (SSSR count). The number of ether oxygens (including phenoxy) is 1. The molecule has 162 valence electrons. The van der Waals surface area contributed by atoms with Crippen molar-refractivity contribution in [3.63, 3.8) is 0 Å². The minimum Gasteiger partial charge on any atom is -0.497 e. The molecule has 1 aliphatic heterocycles. The summed E-state index contributed by atoms with van der Waals surface area (Å²) < 4.78 is 9.71. The lowest BCUT2D eigenvalue weighted by atomic mass is 10.1. The first-order chi connectivity index (χ1) is 15.1. The summed E-state index contributed by atoms with van der Waals surface area (Å²) in [6, 6.07) is 15.8. The van der Waals surface area contributed by atoms with Crippen LogP contribution in [0.5, 0.6) is 5.75 Å². The predicted molar refractivity (Wildman–Crippen MR) is 124 cm³/mol. The van der Waals surface area contributed by atoms with Crippen LogP contribution < -0.4 is 15.0 Å². The molecular weight excluding hydrogens is 410 g/mol. The number of rotatable bonds is 5. The smallest absolute Gasteiger partial charge is 0.321 e. The Bertz CT molecular complexity index is 1000. The minimum atomic E-state index is -0.0793. The molecular formula is C23H27N5O2S. The molecule has 1 aliphatic rings. The van der Waals surface area contributed by atoms with Gasteiger partial charge < -0.3 is 19.9 Å². The molecule has 1 saturated heterocycles. The van der Waals surface area contributed by atoms with E-state index in [9.17, 15) is 4.79 Å². The van der Waals surface area contributed by atoms with Gasteiger partial charge in [0.25, 0.3) is 0 Å². The number of nitrogens with one attached hydrogen (secondary N) is 1. The van der Waals surface area contributed by atoms with Crippen molar-refractivity contribution in [1.82, 2.24) is 14.3 Å². The molecule has 2 aromatic carbocycles. The molecule has 8 heteroatoms. The van der Waals surface area contributed by atoms with E-state index in [1.165, 1.54) is 22.7 Å². The van der Waals surface area contributed by atoms with E-state index in [1.54, 1.807) is 7.11 Å². The summed E-state index contributed by atoms with van der Waals surface area (Å²) in [5.74, 6) is 1.62. The zero-order valence-corrected chi connectivity index (χ0v) is 18.7. The van der Waals surface area contributed by atoms with Crippen LogP contribution in [0.25, 0.3) is 0 Å². The maximum Gasteiger partial charge on any atom is 0.321 e. The summed E-state index contributed by atoms with van der Waals surface area (Å²) in [6.45, 7) is 5.06. The zero-order valence-electron chi connectivity index (χ0n) is 17.9. The fourth-order valence-corrected chi connectivity index (χ4v) is 4.26. The molecule has 1 N–H and O–H groups in total. The number of carbonyl (C=O) groups excluding carboxylic acids is 1. The molecule has 2 amide bonds. The standard InChI is InChI=1S/C23H27N5O2S/c1-17-4-6-18(7-5-17)16-21-25-23(31-26-21)28-13-3-12-27(14-15-28)22(29)24-19-8-10-20(30-2)11-9-19/h4-11H,3,12-16H2,1-2H3,(H,24,29). The average molecular weight is 438 g/mol. The van der Waals surface area contributed by atoms with Gasteiger partial charge in [-0.3, -0.25) is 0 Å². The predicted octanol–water partition coefficient (Wildman–Crippen LogP) is 4.19. The second kappa shape index (κ2) is 9.78. The Hall–Kier alpha value is -3.13. The van der Waals surface area contributed by atoms with E-state index in [2.05, 4.69) is 45.8 Å². The number of hydrogen-bond donors (Lipinski definition) is 1. The van der Waals surface area contributed by atoms with Gasteiger partial charge in [-0.1, -0.05) is 29.8 Å². The van der Waals surface area contributed by atoms with Crippen LogP contribution in [0.3, 0.4) is 0 Å². The Morgan fingerprint density at radius 1 is 1.06 bits per heavy atom. The van der Waals surface area contributed by atoms with E-state index in [0.29, 0.717) is 13.1 Å². The Labute approximate surface area is 186 Å². The highest BCUT2D eigenvalue weighted by atomic mass is 32.1. The van der Waals surface area contributed by atoms with Crippen LogP contribution in [-0.4, -0.2) is 53.6 Å². The van der Waals surface area contributed by atoms with Crippen molar-refractivity contribution in [3.8, 4) is 5.75 Å². The summed E-state index contributed by atoms with van der Waals surface area (Å²) >= 11 is 1.44. The molecule has 0 spiro atoms. The van der Waals surface area contributed by atoms with E-state index in [0.717, 1.165) is 48.3 Å². The molecule has 0 saturated carbocycles. The molecule has 0 unspecified atom stereocenters. The van der Waals surface area contributed by atoms with Gasteiger partial charge >= 0.3 is 6.03 Å². The fourth-order valence-electron chi connectivity index (χ4n) is 3.52. The zero-order chi connectivity index (χ0) is 21.6. The first kappa shape index (κ1) is 21.1. The first-order valence-corrected chi connectivity index (χ1v) is 11.2. The summed E-state index contributed by atoms with van der Waals surface area (Å²) in [4.78, 5) is 21.5. The first-order valence-electron chi connectivity index (χ1n) is 10.4. The molecule has 0 atom stereocenters. The number of benzene rings is 2. The van der Waals surface area contributed by atoms with Crippen molar-refractivity contribution in [3.05, 3.63) is 65.5 Å². The summed E-state index contributed by atoms with van der Waals surface area (Å²) in [5.41, 5.74) is 3.23. The van der Waals surface area contributed by atoms with Crippen LogP contribution in [0.4, 0.5) is 15.6 Å². The van der Waals surface area contributed by atoms with Gasteiger partial charge in [0.2, 0.25) is 5.13 Å². The van der Waals surface area contributed by atoms with E-state index in [1.807, 2.05) is 29.2 Å². The van der Waals surface area contributed by atoms with Gasteiger partial charge in [0.1, 0.15) is 11.6 Å². The van der Waals surface area contributed by atoms with Gasteiger partial charge in [-0.25, -0.2) is 9.78 Å². The summed E-state index contributed by atoms with van der Waals surface area (Å²) in [7, 11) is 1.63. The van der Waals surface area contributed by atoms with E-state index in [4.69, 9.17) is 9.72 Å². The molecule has 1 aromatic heterocycles. The van der Waals surface area contributed by atoms with Crippen molar-refractivity contribution in [2.75, 3.05) is 43.5 Å². The number of hydrogen-bond acceptors (Lipinski definition) is 6. The van der Waals surface area contributed by atoms with E-state index < -0.39 is 0 Å². The number of aromatic nitrogens is 2. The quantitative estimate of drug-likeness (QED) is 0.648. The molecule has 1 fully saturated rings. The van der Waals surface area contributed by atoms with Gasteiger partial charge in [-0.05, 0) is 43.2 Å². The van der Waals surface area contributed by atoms with Crippen LogP contribution in [0.15, 0.2) is 48.5 Å². The number of anilines is 2. The van der Waals surface area contributed by atoms with Crippen LogP contribution in [-0.2, 0) is 6.42 Å². The lowest BCUT2D eigenvalue weighted by Gasteiger charge is -2.22. The van der Waals surface area contributed by atoms with Crippen molar-refractivity contribution >= 4 is 28.4 Å². The van der Waals surface area contributed by atoms with Crippen LogP contribution in [0.1, 0.15) is 23.4 Å². The molecule has 2 heterocycles. The van der Waals surface area contributed by atoms with Crippen molar-refractivity contribution in [2.24, 2.45) is 0 Å². The van der Waals surface area contributed by atoms with Gasteiger partial charge in [0, 0.05) is 49.8 Å². The van der Waals surface area contributed by atoms with Gasteiger partial charge in [0.05, 0.1) is 7.11 Å². The number of nitrogens with zero attached hydrogens (tertiary/aromatic N) is 4. The lowest BCUT2D eigenvalue weighted by molar-refractivity contribution is 0.215. The third-order valence-electron chi connectivity index (χ3n) is 5.34. The maximum absolute atomic E-state index is 12.7. The monoisotopic (exact) mass is 437 g/mol. The number of carbonyl (C=O) groups is 1. The third kappa shape index (κ3) is 5.52. The molecule has 31 heavy (non-hydrogen) atoms. The third-order valence-corrected chi connectivity index (χ3v) is 6.15. The minimum absolute atomic E-state index is 0.0793. The Kier molecular flexibility index (Phi) is 6.66. The van der Waals surface area contributed by atoms with Gasteiger partial charge in [-0.2, -0.15) is 4.37 Å². The summed E-state index contributed by atoms with van der Waals surface area (Å²) in [6.07, 6.45) is 1.63. The lowest BCUT2D eigenvalue weighted by Crippen LogP contribution is -2.38. The largest absolute Gasteiger partial charge is 0.497 e. The van der Waals surface area contributed by atoms with Crippen molar-refractivity contribution < 1.29 is 9.53 Å². The molecule has 0 bridgehead atoms. The molecule has 7 nitrogen and oxygen atoms in total. The van der Waals surface area contributed by atoms with E-state index in [-0.39, 0.29) is 6.03 Å². The van der Waals surface area contributed by atoms with Crippen molar-refractivity contribution in [1.29, 1.82) is 0 Å². The van der Waals surface area contributed by atoms with Crippen LogP contribution >= 0.6 is 11.5 Å². The number of methoxy groups -OCH3 is 1. The number of amides is 2. The SMILES string of the molecule is COc1ccc(NC(=O)N2CCCN(c3nc(Cc4ccc(C)cc4)ns3)CC2)cc1. The highest BCUT2D eigenvalue weighted by Gasteiger charge is 2.21. The maximum atomic E-state index is 12.7. The topological polar surface area (TPSA) is 70.6 Å². The Balaban J connectivity index is 1.32. The normalized spacial score (nSPS) is 14.3. The highest BCUT2D eigenvalue weighted by Crippen LogP contribution is 2.21. The van der Waals surface area contributed by atoms with Crippen molar-refractivity contribution in [2.45, 2.75) is 19.8 Å². The fraction of sp³-hybridized carbons (Fsp3) is 0.348. The highest BCUT2D eigenvalue weighted by molar-refractivity contribution is 7.09. The number of aryl methyl sites for hydroxylation is 1. The van der Waals surface area contributed by atoms with Crippen LogP contribution in [0, 0.1) is 6.92 Å². The molecule has 3 aromatic rings. The number of urea groups is 1. The van der Waals surface area contributed by atoms with Gasteiger partial charge in [-0.15, -0.1) is 0 Å². The molecule has 0 radical (unpaired) electrons. The Morgan fingerprint density at radius 2 is 1.84 bits per heavy atom. The molecule has 0 aliphatic carbocycles.